The Morgan fingerprint density at radius 1 is 1.50 bits per heavy atom. The van der Waals surface area contributed by atoms with Crippen molar-refractivity contribution < 1.29 is 4.79 Å². The molecule has 1 aliphatic heterocycles. The lowest BCUT2D eigenvalue weighted by Crippen LogP contribution is -2.11. The predicted octanol–water partition coefficient (Wildman–Crippen LogP) is 3.13. The summed E-state index contributed by atoms with van der Waals surface area (Å²) in [6, 6.07) is 7.07. The van der Waals surface area contributed by atoms with Crippen molar-refractivity contribution in [2.24, 2.45) is 0 Å². The fourth-order valence-corrected chi connectivity index (χ4v) is 2.08. The molecular formula is C13H14ClNO. The number of carbonyl (C=O) groups excluding carboxylic acids is 1. The summed E-state index contributed by atoms with van der Waals surface area (Å²) in [5, 5.41) is 0.601. The number of rotatable bonds is 2. The third-order valence-corrected chi connectivity index (χ3v) is 3.06. The average molecular weight is 236 g/mol. The highest BCUT2D eigenvalue weighted by Gasteiger charge is 2.14. The van der Waals surface area contributed by atoms with Crippen molar-refractivity contribution in [3.8, 4) is 0 Å². The molecule has 3 heteroatoms. The maximum Gasteiger partial charge on any atom is 0.187 e. The Bertz CT molecular complexity index is 439. The van der Waals surface area contributed by atoms with Crippen molar-refractivity contribution in [2.75, 3.05) is 13.6 Å². The van der Waals surface area contributed by atoms with Gasteiger partial charge in [-0.3, -0.25) is 4.79 Å². The van der Waals surface area contributed by atoms with Gasteiger partial charge in [0, 0.05) is 36.0 Å². The van der Waals surface area contributed by atoms with Gasteiger partial charge in [0.1, 0.15) is 0 Å². The fourth-order valence-electron chi connectivity index (χ4n) is 1.89. The highest BCUT2D eigenvalue weighted by molar-refractivity contribution is 6.31. The smallest absolute Gasteiger partial charge is 0.187 e. The van der Waals surface area contributed by atoms with Crippen molar-refractivity contribution >= 4 is 17.4 Å². The van der Waals surface area contributed by atoms with Crippen LogP contribution in [0.2, 0.25) is 5.02 Å². The number of halogens is 1. The van der Waals surface area contributed by atoms with E-state index in [-0.39, 0.29) is 5.78 Å². The molecule has 1 heterocycles. The number of carbonyl (C=O) groups is 1. The predicted molar refractivity (Wildman–Crippen MR) is 65.7 cm³/mol. The second kappa shape index (κ2) is 4.71. The van der Waals surface area contributed by atoms with Crippen LogP contribution in [-0.2, 0) is 0 Å². The Morgan fingerprint density at radius 2 is 2.31 bits per heavy atom. The summed E-state index contributed by atoms with van der Waals surface area (Å²) in [6.07, 6.45) is 3.84. The quantitative estimate of drug-likeness (QED) is 0.580. The summed E-state index contributed by atoms with van der Waals surface area (Å²) in [5.41, 5.74) is 1.77. The van der Waals surface area contributed by atoms with E-state index in [1.165, 1.54) is 0 Å². The maximum atomic E-state index is 11.9. The Hall–Kier alpha value is -1.28. The maximum absolute atomic E-state index is 11.9. The number of ketones is 1. The minimum atomic E-state index is 0.0336. The molecule has 0 spiro atoms. The minimum absolute atomic E-state index is 0.0336. The molecule has 0 N–H and O–H groups in total. The number of nitrogens with zero attached hydrogens (tertiary/aromatic N) is 1. The van der Waals surface area contributed by atoms with Crippen LogP contribution in [0.25, 0.3) is 0 Å². The summed E-state index contributed by atoms with van der Waals surface area (Å²) >= 11 is 5.85. The van der Waals surface area contributed by atoms with Crippen molar-refractivity contribution in [1.29, 1.82) is 0 Å². The molecule has 1 aliphatic rings. The van der Waals surface area contributed by atoms with Gasteiger partial charge in [-0.2, -0.15) is 0 Å². The first-order valence-corrected chi connectivity index (χ1v) is 5.76. The van der Waals surface area contributed by atoms with E-state index < -0.39 is 0 Å². The van der Waals surface area contributed by atoms with Crippen LogP contribution in [0.4, 0.5) is 0 Å². The third kappa shape index (κ3) is 2.45. The Labute approximate surface area is 101 Å². The normalized spacial score (nSPS) is 18.1. The first-order valence-electron chi connectivity index (χ1n) is 5.38. The van der Waals surface area contributed by atoms with Crippen LogP contribution < -0.4 is 0 Å². The molecule has 0 aliphatic carbocycles. The highest BCUT2D eigenvalue weighted by atomic mass is 35.5. The van der Waals surface area contributed by atoms with Gasteiger partial charge in [0.25, 0.3) is 0 Å². The van der Waals surface area contributed by atoms with Gasteiger partial charge in [0.05, 0.1) is 0 Å². The topological polar surface area (TPSA) is 20.3 Å². The summed E-state index contributed by atoms with van der Waals surface area (Å²) in [4.78, 5) is 14.1. The van der Waals surface area contributed by atoms with Crippen LogP contribution in [0.3, 0.4) is 0 Å². The van der Waals surface area contributed by atoms with Gasteiger partial charge in [0.2, 0.25) is 0 Å². The molecule has 84 valence electrons. The molecule has 0 aromatic heterocycles. The standard InChI is InChI=1S/C13H14ClNO/c1-15-7-3-6-12(15)9-13(16)10-4-2-5-11(14)8-10/h2,4-5,8-9H,3,6-7H2,1H3/b12-9+. The van der Waals surface area contributed by atoms with Gasteiger partial charge in [-0.15, -0.1) is 0 Å². The molecule has 0 bridgehead atoms. The van der Waals surface area contributed by atoms with Crippen molar-refractivity contribution in [3.05, 3.63) is 46.6 Å². The molecule has 16 heavy (non-hydrogen) atoms. The molecule has 0 amide bonds. The van der Waals surface area contributed by atoms with Crippen LogP contribution in [0.5, 0.6) is 0 Å². The van der Waals surface area contributed by atoms with Gasteiger partial charge in [0.15, 0.2) is 5.78 Å². The number of benzene rings is 1. The van der Waals surface area contributed by atoms with E-state index in [0.717, 1.165) is 25.1 Å². The van der Waals surface area contributed by atoms with Crippen molar-refractivity contribution in [1.82, 2.24) is 4.90 Å². The highest BCUT2D eigenvalue weighted by Crippen LogP contribution is 2.20. The average Bonchev–Trinajstić information content (AvgIpc) is 2.64. The Balaban J connectivity index is 2.20. The zero-order chi connectivity index (χ0) is 11.5. The summed E-state index contributed by atoms with van der Waals surface area (Å²) in [6.45, 7) is 1.04. The van der Waals surface area contributed by atoms with Gasteiger partial charge in [-0.1, -0.05) is 23.7 Å². The van der Waals surface area contributed by atoms with E-state index in [0.29, 0.717) is 10.6 Å². The Morgan fingerprint density at radius 3 is 2.94 bits per heavy atom. The molecule has 1 saturated heterocycles. The zero-order valence-corrected chi connectivity index (χ0v) is 10.00. The zero-order valence-electron chi connectivity index (χ0n) is 9.24. The van der Waals surface area contributed by atoms with Gasteiger partial charge < -0.3 is 4.90 Å². The molecule has 2 nitrogen and oxygen atoms in total. The van der Waals surface area contributed by atoms with Crippen molar-refractivity contribution in [3.63, 3.8) is 0 Å². The summed E-state index contributed by atoms with van der Waals surface area (Å²) in [5.74, 6) is 0.0336. The lowest BCUT2D eigenvalue weighted by Gasteiger charge is -2.11. The molecular weight excluding hydrogens is 222 g/mol. The monoisotopic (exact) mass is 235 g/mol. The van der Waals surface area contributed by atoms with Crippen LogP contribution >= 0.6 is 11.6 Å². The second-order valence-corrected chi connectivity index (χ2v) is 4.47. The summed E-state index contributed by atoms with van der Waals surface area (Å²) in [7, 11) is 2.02. The van der Waals surface area contributed by atoms with Crippen LogP contribution in [0.1, 0.15) is 23.2 Å². The molecule has 1 fully saturated rings. The number of allylic oxidation sites excluding steroid dienone is 2. The van der Waals surface area contributed by atoms with Crippen molar-refractivity contribution in [2.45, 2.75) is 12.8 Å². The van der Waals surface area contributed by atoms with E-state index in [1.807, 2.05) is 7.05 Å². The van der Waals surface area contributed by atoms with E-state index in [9.17, 15) is 4.79 Å². The lowest BCUT2D eigenvalue weighted by molar-refractivity contribution is 0.104. The molecule has 0 saturated carbocycles. The SMILES string of the molecule is CN1CCC/C1=C\C(=O)c1cccc(Cl)c1. The minimum Gasteiger partial charge on any atom is -0.378 e. The Kier molecular flexibility index (Phi) is 3.30. The van der Waals surface area contributed by atoms with Gasteiger partial charge in [-0.05, 0) is 25.0 Å². The number of hydrogen-bond acceptors (Lipinski definition) is 2. The fraction of sp³-hybridized carbons (Fsp3) is 0.308. The summed E-state index contributed by atoms with van der Waals surface area (Å²) < 4.78 is 0. The molecule has 2 rings (SSSR count). The van der Waals surface area contributed by atoms with E-state index in [4.69, 9.17) is 11.6 Å². The first-order chi connectivity index (χ1) is 7.66. The van der Waals surface area contributed by atoms with Gasteiger partial charge in [-0.25, -0.2) is 0 Å². The molecule has 0 radical (unpaired) electrons. The van der Waals surface area contributed by atoms with Crippen LogP contribution in [-0.4, -0.2) is 24.3 Å². The second-order valence-electron chi connectivity index (χ2n) is 4.04. The molecule has 1 aromatic rings. The molecule has 1 aromatic carbocycles. The van der Waals surface area contributed by atoms with E-state index >= 15 is 0 Å². The number of likely N-dealkylation sites (tertiary alicyclic amines) is 1. The third-order valence-electron chi connectivity index (χ3n) is 2.82. The lowest BCUT2D eigenvalue weighted by atomic mass is 10.1. The largest absolute Gasteiger partial charge is 0.378 e. The molecule has 0 unspecified atom stereocenters. The van der Waals surface area contributed by atoms with E-state index in [2.05, 4.69) is 4.90 Å². The number of hydrogen-bond donors (Lipinski definition) is 0. The van der Waals surface area contributed by atoms with Crippen LogP contribution in [0.15, 0.2) is 36.0 Å². The van der Waals surface area contributed by atoms with Gasteiger partial charge >= 0.3 is 0 Å². The molecule has 0 atom stereocenters. The first kappa shape index (κ1) is 11.2. The van der Waals surface area contributed by atoms with Crippen LogP contribution in [0, 0.1) is 0 Å². The van der Waals surface area contributed by atoms with E-state index in [1.54, 1.807) is 30.3 Å².